The van der Waals surface area contributed by atoms with Gasteiger partial charge in [0.15, 0.2) is 0 Å². The van der Waals surface area contributed by atoms with Crippen molar-refractivity contribution in [3.8, 4) is 5.69 Å². The van der Waals surface area contributed by atoms with Gasteiger partial charge in [0.1, 0.15) is 11.8 Å². The fourth-order valence-corrected chi connectivity index (χ4v) is 2.74. The van der Waals surface area contributed by atoms with Gasteiger partial charge >= 0.3 is 0 Å². The monoisotopic (exact) mass is 283 g/mol. The van der Waals surface area contributed by atoms with Gasteiger partial charge in [-0.25, -0.2) is 0 Å². The summed E-state index contributed by atoms with van der Waals surface area (Å²) in [5.41, 5.74) is 2.63. The molecule has 0 saturated heterocycles. The molecule has 1 aromatic carbocycles. The second-order valence-electron chi connectivity index (χ2n) is 5.53. The van der Waals surface area contributed by atoms with Crippen molar-refractivity contribution >= 4 is 0 Å². The maximum absolute atomic E-state index is 10.5. The Bertz CT molecular complexity index is 604. The van der Waals surface area contributed by atoms with Crippen molar-refractivity contribution < 1.29 is 5.11 Å². The number of aliphatic hydroxyl groups excluding tert-OH is 1. The van der Waals surface area contributed by atoms with Gasteiger partial charge in [0.25, 0.3) is 0 Å². The minimum Gasteiger partial charge on any atom is -0.382 e. The molecule has 110 valence electrons. The number of rotatable bonds is 3. The summed E-state index contributed by atoms with van der Waals surface area (Å²) in [4.78, 5) is 1.57. The molecule has 1 aliphatic carbocycles. The molecule has 21 heavy (non-hydrogen) atoms. The van der Waals surface area contributed by atoms with Crippen molar-refractivity contribution in [1.29, 1.82) is 0 Å². The van der Waals surface area contributed by atoms with Crippen LogP contribution in [0, 0.1) is 0 Å². The SMILES string of the molecule is OC(/C1=C/CCCCCC1)c1cnn(-c2ccccc2)n1. The summed E-state index contributed by atoms with van der Waals surface area (Å²) in [5.74, 6) is 0. The molecule has 1 N–H and O–H groups in total. The Labute approximate surface area is 125 Å². The second-order valence-corrected chi connectivity index (χ2v) is 5.53. The highest BCUT2D eigenvalue weighted by molar-refractivity contribution is 5.29. The van der Waals surface area contributed by atoms with Crippen molar-refractivity contribution in [2.45, 2.75) is 44.6 Å². The molecule has 4 heteroatoms. The van der Waals surface area contributed by atoms with Gasteiger partial charge in [-0.15, -0.1) is 0 Å². The van der Waals surface area contributed by atoms with Crippen LogP contribution in [0.4, 0.5) is 0 Å². The number of nitrogens with zero attached hydrogens (tertiary/aromatic N) is 3. The summed E-state index contributed by atoms with van der Waals surface area (Å²) in [6, 6.07) is 9.76. The van der Waals surface area contributed by atoms with Gasteiger partial charge in [0.2, 0.25) is 0 Å². The van der Waals surface area contributed by atoms with Crippen molar-refractivity contribution in [3.63, 3.8) is 0 Å². The van der Waals surface area contributed by atoms with Crippen molar-refractivity contribution in [3.05, 3.63) is 53.9 Å². The molecular weight excluding hydrogens is 262 g/mol. The zero-order chi connectivity index (χ0) is 14.5. The summed E-state index contributed by atoms with van der Waals surface area (Å²) in [6.45, 7) is 0. The Balaban J connectivity index is 1.79. The molecule has 0 spiro atoms. The zero-order valence-corrected chi connectivity index (χ0v) is 12.2. The van der Waals surface area contributed by atoms with Crippen molar-refractivity contribution in [1.82, 2.24) is 15.0 Å². The Morgan fingerprint density at radius 3 is 2.71 bits per heavy atom. The first-order chi connectivity index (χ1) is 10.3. The summed E-state index contributed by atoms with van der Waals surface area (Å²) in [6.07, 6.45) is 10.1. The van der Waals surface area contributed by atoms with Gasteiger partial charge in [-0.1, -0.05) is 37.1 Å². The highest BCUT2D eigenvalue weighted by atomic mass is 16.3. The normalized spacial score (nSPS) is 20.1. The van der Waals surface area contributed by atoms with Crippen molar-refractivity contribution in [2.75, 3.05) is 0 Å². The van der Waals surface area contributed by atoms with Gasteiger partial charge in [-0.2, -0.15) is 15.0 Å². The average Bonchev–Trinajstić information content (AvgIpc) is 2.97. The first-order valence-electron chi connectivity index (χ1n) is 7.69. The second kappa shape index (κ2) is 6.68. The molecule has 0 fully saturated rings. The van der Waals surface area contributed by atoms with Crippen LogP contribution in [0.25, 0.3) is 5.69 Å². The lowest BCUT2D eigenvalue weighted by Gasteiger charge is -2.15. The molecule has 1 atom stereocenters. The van der Waals surface area contributed by atoms with Crippen LogP contribution < -0.4 is 0 Å². The molecular formula is C17H21N3O. The highest BCUT2D eigenvalue weighted by Gasteiger charge is 2.17. The van der Waals surface area contributed by atoms with E-state index in [1.165, 1.54) is 19.3 Å². The molecule has 0 amide bonds. The van der Waals surface area contributed by atoms with E-state index in [2.05, 4.69) is 16.3 Å². The first-order valence-corrected chi connectivity index (χ1v) is 7.69. The minimum absolute atomic E-state index is 0.624. The number of aromatic nitrogens is 3. The lowest BCUT2D eigenvalue weighted by molar-refractivity contribution is 0.204. The van der Waals surface area contributed by atoms with E-state index in [1.807, 2.05) is 30.3 Å². The van der Waals surface area contributed by atoms with Gasteiger partial charge in [0, 0.05) is 0 Å². The topological polar surface area (TPSA) is 50.9 Å². The summed E-state index contributed by atoms with van der Waals surface area (Å²) in [7, 11) is 0. The molecule has 0 bridgehead atoms. The fourth-order valence-electron chi connectivity index (χ4n) is 2.74. The smallest absolute Gasteiger partial charge is 0.120 e. The van der Waals surface area contributed by atoms with Crippen LogP contribution in [0.15, 0.2) is 48.2 Å². The van der Waals surface area contributed by atoms with Crippen LogP contribution >= 0.6 is 0 Å². The lowest BCUT2D eigenvalue weighted by Crippen LogP contribution is -2.06. The van der Waals surface area contributed by atoms with Crippen LogP contribution in [-0.4, -0.2) is 20.1 Å². The van der Waals surface area contributed by atoms with E-state index < -0.39 is 6.10 Å². The van der Waals surface area contributed by atoms with Gasteiger partial charge in [-0.3, -0.25) is 0 Å². The van der Waals surface area contributed by atoms with Crippen LogP contribution in [-0.2, 0) is 0 Å². The molecule has 1 aliphatic rings. The number of hydrogen-bond acceptors (Lipinski definition) is 3. The van der Waals surface area contributed by atoms with Crippen LogP contribution in [0.3, 0.4) is 0 Å². The van der Waals surface area contributed by atoms with E-state index in [0.29, 0.717) is 5.69 Å². The molecule has 0 saturated carbocycles. The van der Waals surface area contributed by atoms with Crippen LogP contribution in [0.2, 0.25) is 0 Å². The minimum atomic E-state index is -0.624. The lowest BCUT2D eigenvalue weighted by atomic mass is 9.95. The highest BCUT2D eigenvalue weighted by Crippen LogP contribution is 2.27. The third-order valence-electron chi connectivity index (χ3n) is 3.95. The maximum Gasteiger partial charge on any atom is 0.120 e. The molecule has 1 heterocycles. The predicted octanol–water partition coefficient (Wildman–Crippen LogP) is 3.58. The van der Waals surface area contributed by atoms with Gasteiger partial charge in [-0.05, 0) is 43.4 Å². The predicted molar refractivity (Wildman–Crippen MR) is 82.1 cm³/mol. The molecule has 3 rings (SSSR count). The van der Waals surface area contributed by atoms with Crippen molar-refractivity contribution in [2.24, 2.45) is 0 Å². The Hall–Kier alpha value is -1.94. The van der Waals surface area contributed by atoms with E-state index in [0.717, 1.165) is 30.5 Å². The Morgan fingerprint density at radius 1 is 1.05 bits per heavy atom. The molecule has 0 radical (unpaired) electrons. The number of hydrogen-bond donors (Lipinski definition) is 1. The van der Waals surface area contributed by atoms with Gasteiger partial charge in [0.05, 0.1) is 11.9 Å². The number of allylic oxidation sites excluding steroid dienone is 1. The van der Waals surface area contributed by atoms with E-state index in [4.69, 9.17) is 0 Å². The standard InChI is InChI=1S/C17H21N3O/c21-17(14-9-5-2-1-3-6-10-14)16-13-18-20(19-16)15-11-7-4-8-12-15/h4,7-9,11-13,17,21H,1-3,5-6,10H2/b14-9+. The number of aliphatic hydroxyl groups is 1. The Morgan fingerprint density at radius 2 is 1.86 bits per heavy atom. The largest absolute Gasteiger partial charge is 0.382 e. The molecule has 1 aromatic heterocycles. The van der Waals surface area contributed by atoms with Crippen LogP contribution in [0.5, 0.6) is 0 Å². The van der Waals surface area contributed by atoms with Gasteiger partial charge < -0.3 is 5.11 Å². The first kappa shape index (κ1) is 14.0. The molecule has 0 aliphatic heterocycles. The zero-order valence-electron chi connectivity index (χ0n) is 12.2. The van der Waals surface area contributed by atoms with E-state index >= 15 is 0 Å². The van der Waals surface area contributed by atoms with E-state index in [1.54, 1.807) is 11.0 Å². The quantitative estimate of drug-likeness (QED) is 0.876. The third kappa shape index (κ3) is 3.39. The molecule has 1 unspecified atom stereocenters. The molecule has 2 aromatic rings. The van der Waals surface area contributed by atoms with E-state index in [9.17, 15) is 5.11 Å². The summed E-state index contributed by atoms with van der Waals surface area (Å²) in [5, 5.41) is 19.2. The Kier molecular flexibility index (Phi) is 4.46. The van der Waals surface area contributed by atoms with Crippen LogP contribution in [0.1, 0.15) is 50.3 Å². The summed E-state index contributed by atoms with van der Waals surface area (Å²) >= 11 is 0. The van der Waals surface area contributed by atoms with E-state index in [-0.39, 0.29) is 0 Å². The average molecular weight is 283 g/mol. The summed E-state index contributed by atoms with van der Waals surface area (Å²) < 4.78 is 0. The fraction of sp³-hybridized carbons (Fsp3) is 0.412. The number of para-hydroxylation sites is 1. The maximum atomic E-state index is 10.5. The third-order valence-corrected chi connectivity index (χ3v) is 3.95. The number of benzene rings is 1. The molecule has 4 nitrogen and oxygen atoms in total.